The van der Waals surface area contributed by atoms with Crippen molar-refractivity contribution in [1.29, 1.82) is 0 Å². The first-order valence-corrected chi connectivity index (χ1v) is 7.67. The van der Waals surface area contributed by atoms with Gasteiger partial charge >= 0.3 is 0 Å². The Hall–Kier alpha value is -0.780. The average molecular weight is 260 g/mol. The molecule has 0 aliphatic carbocycles. The largest absolute Gasteiger partial charge is 0.0651 e. The van der Waals surface area contributed by atoms with Crippen LogP contribution in [0.1, 0.15) is 78.9 Å². The summed E-state index contributed by atoms with van der Waals surface area (Å²) >= 11 is 0. The highest BCUT2D eigenvalue weighted by Crippen LogP contribution is 2.42. The molecule has 1 aromatic rings. The van der Waals surface area contributed by atoms with Crippen LogP contribution in [0.15, 0.2) is 24.3 Å². The van der Waals surface area contributed by atoms with Gasteiger partial charge in [0.1, 0.15) is 0 Å². The Morgan fingerprint density at radius 2 is 1.37 bits per heavy atom. The van der Waals surface area contributed by atoms with Crippen LogP contribution in [0, 0.1) is 11.3 Å². The molecule has 1 rings (SSSR count). The molecule has 2 atom stereocenters. The van der Waals surface area contributed by atoms with Crippen LogP contribution >= 0.6 is 0 Å². The van der Waals surface area contributed by atoms with Crippen LogP contribution in [0.25, 0.3) is 0 Å². The zero-order chi connectivity index (χ0) is 14.8. The maximum Gasteiger partial charge on any atom is -0.00876 e. The standard InChI is InChI=1S/C19H32/c1-9-14(2)17(19(6,7)8)15-10-12-16(13-11-15)18(3,4)5/h10-14,17H,9H2,1-8H3. The first kappa shape index (κ1) is 16.3. The Kier molecular flexibility index (Phi) is 4.87. The molecule has 0 fully saturated rings. The molecule has 0 saturated carbocycles. The lowest BCUT2D eigenvalue weighted by molar-refractivity contribution is 0.242. The predicted molar refractivity (Wildman–Crippen MR) is 86.8 cm³/mol. The summed E-state index contributed by atoms with van der Waals surface area (Å²) in [4.78, 5) is 0. The fourth-order valence-electron chi connectivity index (χ4n) is 3.11. The SMILES string of the molecule is CCC(C)C(c1ccc(C(C)(C)C)cc1)C(C)(C)C. The van der Waals surface area contributed by atoms with Gasteiger partial charge in [0, 0.05) is 0 Å². The second-order valence-corrected chi connectivity index (χ2v) is 8.10. The third-order valence-corrected chi connectivity index (χ3v) is 4.28. The van der Waals surface area contributed by atoms with E-state index in [0.717, 1.165) is 5.92 Å². The molecule has 0 bridgehead atoms. The molecule has 0 spiro atoms. The van der Waals surface area contributed by atoms with E-state index < -0.39 is 0 Å². The van der Waals surface area contributed by atoms with Gasteiger partial charge in [-0.3, -0.25) is 0 Å². The zero-order valence-corrected chi connectivity index (χ0v) is 14.2. The van der Waals surface area contributed by atoms with Crippen molar-refractivity contribution >= 4 is 0 Å². The summed E-state index contributed by atoms with van der Waals surface area (Å²) in [5.74, 6) is 1.35. The minimum absolute atomic E-state index is 0.242. The Balaban J connectivity index is 3.12. The number of hydrogen-bond donors (Lipinski definition) is 0. The fourth-order valence-corrected chi connectivity index (χ4v) is 3.11. The summed E-state index contributed by atoms with van der Waals surface area (Å²) in [6.45, 7) is 18.6. The van der Waals surface area contributed by atoms with Gasteiger partial charge in [0.05, 0.1) is 0 Å². The number of rotatable bonds is 3. The van der Waals surface area contributed by atoms with Crippen molar-refractivity contribution in [3.63, 3.8) is 0 Å². The quantitative estimate of drug-likeness (QED) is 0.610. The monoisotopic (exact) mass is 260 g/mol. The summed E-state index contributed by atoms with van der Waals surface area (Å²) < 4.78 is 0. The van der Waals surface area contributed by atoms with E-state index in [0.29, 0.717) is 11.3 Å². The molecule has 0 heteroatoms. The van der Waals surface area contributed by atoms with Gasteiger partial charge in [-0.1, -0.05) is 86.1 Å². The lowest BCUT2D eigenvalue weighted by Crippen LogP contribution is -2.24. The maximum atomic E-state index is 2.38. The summed E-state index contributed by atoms with van der Waals surface area (Å²) in [5.41, 5.74) is 3.48. The predicted octanol–water partition coefficient (Wildman–Crippen LogP) is 6.16. The lowest BCUT2D eigenvalue weighted by atomic mass is 9.69. The van der Waals surface area contributed by atoms with Crippen LogP contribution < -0.4 is 0 Å². The van der Waals surface area contributed by atoms with Gasteiger partial charge < -0.3 is 0 Å². The molecule has 2 unspecified atom stereocenters. The van der Waals surface area contributed by atoms with Gasteiger partial charge in [0.25, 0.3) is 0 Å². The van der Waals surface area contributed by atoms with Crippen LogP contribution in [0.4, 0.5) is 0 Å². The van der Waals surface area contributed by atoms with Crippen LogP contribution in [-0.2, 0) is 5.41 Å². The third kappa shape index (κ3) is 4.09. The highest BCUT2D eigenvalue weighted by molar-refractivity contribution is 5.30. The molecule has 0 heterocycles. The van der Waals surface area contributed by atoms with E-state index in [9.17, 15) is 0 Å². The Bertz CT molecular complexity index is 384. The van der Waals surface area contributed by atoms with Crippen molar-refractivity contribution in [2.75, 3.05) is 0 Å². The van der Waals surface area contributed by atoms with Crippen molar-refractivity contribution in [3.8, 4) is 0 Å². The first-order valence-electron chi connectivity index (χ1n) is 7.67. The van der Waals surface area contributed by atoms with Crippen molar-refractivity contribution in [1.82, 2.24) is 0 Å². The van der Waals surface area contributed by atoms with E-state index in [1.165, 1.54) is 17.5 Å². The fraction of sp³-hybridized carbons (Fsp3) is 0.684. The van der Waals surface area contributed by atoms with E-state index in [2.05, 4.69) is 79.7 Å². The second kappa shape index (κ2) is 5.69. The Morgan fingerprint density at radius 3 is 1.68 bits per heavy atom. The van der Waals surface area contributed by atoms with E-state index in [1.807, 2.05) is 0 Å². The molecule has 0 saturated heterocycles. The topological polar surface area (TPSA) is 0 Å². The highest BCUT2D eigenvalue weighted by atomic mass is 14.3. The van der Waals surface area contributed by atoms with Crippen LogP contribution in [-0.4, -0.2) is 0 Å². The third-order valence-electron chi connectivity index (χ3n) is 4.28. The van der Waals surface area contributed by atoms with Gasteiger partial charge in [0.15, 0.2) is 0 Å². The van der Waals surface area contributed by atoms with E-state index in [-0.39, 0.29) is 5.41 Å². The van der Waals surface area contributed by atoms with Crippen LogP contribution in [0.5, 0.6) is 0 Å². The maximum absolute atomic E-state index is 2.38. The molecule has 0 aliphatic rings. The zero-order valence-electron chi connectivity index (χ0n) is 14.2. The van der Waals surface area contributed by atoms with E-state index >= 15 is 0 Å². The van der Waals surface area contributed by atoms with E-state index in [1.54, 1.807) is 0 Å². The second-order valence-electron chi connectivity index (χ2n) is 8.10. The van der Waals surface area contributed by atoms with Crippen molar-refractivity contribution in [2.24, 2.45) is 11.3 Å². The van der Waals surface area contributed by atoms with Gasteiger partial charge in [-0.25, -0.2) is 0 Å². The molecule has 1 aromatic carbocycles. The molecule has 108 valence electrons. The van der Waals surface area contributed by atoms with Crippen molar-refractivity contribution in [2.45, 2.75) is 73.1 Å². The van der Waals surface area contributed by atoms with Crippen molar-refractivity contribution < 1.29 is 0 Å². The van der Waals surface area contributed by atoms with Crippen LogP contribution in [0.3, 0.4) is 0 Å². The number of benzene rings is 1. The Labute approximate surface area is 120 Å². The van der Waals surface area contributed by atoms with Gasteiger partial charge in [-0.2, -0.15) is 0 Å². The van der Waals surface area contributed by atoms with Gasteiger partial charge in [-0.05, 0) is 33.8 Å². The molecular weight excluding hydrogens is 228 g/mol. The summed E-state index contributed by atoms with van der Waals surface area (Å²) in [6.07, 6.45) is 1.24. The molecule has 0 amide bonds. The molecule has 0 N–H and O–H groups in total. The van der Waals surface area contributed by atoms with Crippen LogP contribution in [0.2, 0.25) is 0 Å². The van der Waals surface area contributed by atoms with Gasteiger partial charge in [-0.15, -0.1) is 0 Å². The summed E-state index contributed by atoms with van der Waals surface area (Å²) in [5, 5.41) is 0. The molecule has 0 nitrogen and oxygen atoms in total. The summed E-state index contributed by atoms with van der Waals surface area (Å²) in [7, 11) is 0. The molecule has 19 heavy (non-hydrogen) atoms. The lowest BCUT2D eigenvalue weighted by Gasteiger charge is -2.36. The molecule has 0 aliphatic heterocycles. The minimum atomic E-state index is 0.242. The normalized spacial score (nSPS) is 16.2. The summed E-state index contributed by atoms with van der Waals surface area (Å²) in [6, 6.07) is 9.33. The van der Waals surface area contributed by atoms with E-state index in [4.69, 9.17) is 0 Å². The molecule has 0 aromatic heterocycles. The number of hydrogen-bond acceptors (Lipinski definition) is 0. The Morgan fingerprint density at radius 1 is 0.895 bits per heavy atom. The minimum Gasteiger partial charge on any atom is -0.0651 e. The molecule has 0 radical (unpaired) electrons. The first-order chi connectivity index (χ1) is 8.57. The van der Waals surface area contributed by atoms with Gasteiger partial charge in [0.2, 0.25) is 0 Å². The highest BCUT2D eigenvalue weighted by Gasteiger charge is 2.30. The van der Waals surface area contributed by atoms with Crippen molar-refractivity contribution in [3.05, 3.63) is 35.4 Å². The molecular formula is C19H32. The average Bonchev–Trinajstić information content (AvgIpc) is 2.26. The smallest absolute Gasteiger partial charge is 0.00876 e.